The molecule has 0 radical (unpaired) electrons. The second-order valence-corrected chi connectivity index (χ2v) is 8.47. The van der Waals surface area contributed by atoms with Crippen molar-refractivity contribution < 1.29 is 15.0 Å². The minimum Gasteiger partial charge on any atom is -0.478 e. The lowest BCUT2D eigenvalue weighted by Gasteiger charge is -2.27. The maximum atomic E-state index is 11.0. The Labute approximate surface area is 192 Å². The average molecular weight is 446 g/mol. The smallest absolute Gasteiger partial charge is 0.335 e. The van der Waals surface area contributed by atoms with Gasteiger partial charge in [0.05, 0.1) is 11.7 Å². The number of fused-ring (bicyclic) bond motifs is 1. The molecule has 0 unspecified atom stereocenters. The molecule has 4 rings (SSSR count). The fourth-order valence-corrected chi connectivity index (χ4v) is 4.16. The van der Waals surface area contributed by atoms with Crippen LogP contribution < -0.4 is 5.32 Å². The topological polar surface area (TPSA) is 69.6 Å². The number of carbonyl (C=O) groups is 1. The number of aliphatic hydroxyl groups is 1. The molecule has 0 fully saturated rings. The van der Waals surface area contributed by atoms with Gasteiger partial charge in [0.15, 0.2) is 0 Å². The van der Waals surface area contributed by atoms with E-state index < -0.39 is 12.1 Å². The molecule has 32 heavy (non-hydrogen) atoms. The summed E-state index contributed by atoms with van der Waals surface area (Å²) in [4.78, 5) is 11.0. The number of hydrogen-bond acceptors (Lipinski definition) is 3. The zero-order valence-electron chi connectivity index (χ0n) is 17.5. The number of halogens is 1. The van der Waals surface area contributed by atoms with Crippen molar-refractivity contribution in [2.45, 2.75) is 31.4 Å². The predicted octanol–water partition coefficient (Wildman–Crippen LogP) is 4.62. The van der Waals surface area contributed by atoms with E-state index in [0.29, 0.717) is 17.6 Å². The van der Waals surface area contributed by atoms with E-state index in [1.807, 2.05) is 18.2 Å². The van der Waals surface area contributed by atoms with Crippen molar-refractivity contribution in [3.8, 4) is 11.8 Å². The molecule has 3 N–H and O–H groups in total. The average Bonchev–Trinajstić information content (AvgIpc) is 2.81. The van der Waals surface area contributed by atoms with E-state index in [2.05, 4.69) is 29.3 Å². The van der Waals surface area contributed by atoms with Crippen LogP contribution in [0.4, 0.5) is 0 Å². The zero-order valence-corrected chi connectivity index (χ0v) is 18.3. The van der Waals surface area contributed by atoms with Gasteiger partial charge in [0.1, 0.15) is 0 Å². The van der Waals surface area contributed by atoms with Crippen LogP contribution in [-0.2, 0) is 12.8 Å². The third-order valence-corrected chi connectivity index (χ3v) is 5.99. The maximum absolute atomic E-state index is 11.0. The zero-order chi connectivity index (χ0) is 22.5. The first-order valence-electron chi connectivity index (χ1n) is 10.6. The van der Waals surface area contributed by atoms with Crippen LogP contribution in [0.15, 0.2) is 66.7 Å². The number of aromatic carboxylic acids is 1. The van der Waals surface area contributed by atoms with Crippen LogP contribution in [0.2, 0.25) is 5.02 Å². The molecule has 0 aliphatic heterocycles. The van der Waals surface area contributed by atoms with E-state index in [0.717, 1.165) is 36.0 Å². The number of carboxylic acids is 1. The van der Waals surface area contributed by atoms with Gasteiger partial charge in [-0.05, 0) is 84.5 Å². The standard InChI is InChI=1S/C27H24ClNO3/c28-24-3-1-2-22(15-24)26(30)17-29-25-13-12-20-9-8-19(14-23(20)16-25)5-4-18-6-10-21(11-7-18)27(31)32/h1-3,6-11,14-15,25-26,29-30H,12-13,16-17H2,(H,31,32)/t25-,26+/m0/s1. The fourth-order valence-electron chi connectivity index (χ4n) is 3.96. The molecule has 0 bridgehead atoms. The van der Waals surface area contributed by atoms with Crippen molar-refractivity contribution in [3.63, 3.8) is 0 Å². The number of nitrogens with one attached hydrogen (secondary N) is 1. The quantitative estimate of drug-likeness (QED) is 0.501. The number of aryl methyl sites for hydroxylation is 1. The molecule has 0 saturated heterocycles. The number of hydrogen-bond donors (Lipinski definition) is 3. The summed E-state index contributed by atoms with van der Waals surface area (Å²) in [6.45, 7) is 0.478. The van der Waals surface area contributed by atoms with E-state index in [-0.39, 0.29) is 5.56 Å². The van der Waals surface area contributed by atoms with E-state index in [9.17, 15) is 9.90 Å². The molecular formula is C27H24ClNO3. The molecule has 3 aromatic carbocycles. The molecule has 0 heterocycles. The molecule has 1 aliphatic carbocycles. The van der Waals surface area contributed by atoms with Gasteiger partial charge in [-0.25, -0.2) is 4.79 Å². The normalized spacial score (nSPS) is 15.9. The minimum absolute atomic E-state index is 0.253. The molecule has 1 aliphatic rings. The van der Waals surface area contributed by atoms with Crippen LogP contribution in [0, 0.1) is 11.8 Å². The second-order valence-electron chi connectivity index (χ2n) is 8.03. The van der Waals surface area contributed by atoms with Gasteiger partial charge in [0, 0.05) is 28.7 Å². The molecule has 3 aromatic rings. The largest absolute Gasteiger partial charge is 0.478 e. The van der Waals surface area contributed by atoms with E-state index in [1.54, 1.807) is 36.4 Å². The molecule has 4 nitrogen and oxygen atoms in total. The van der Waals surface area contributed by atoms with E-state index in [4.69, 9.17) is 16.7 Å². The predicted molar refractivity (Wildman–Crippen MR) is 126 cm³/mol. The van der Waals surface area contributed by atoms with Crippen LogP contribution in [0.5, 0.6) is 0 Å². The van der Waals surface area contributed by atoms with Gasteiger partial charge < -0.3 is 15.5 Å². The van der Waals surface area contributed by atoms with Crippen molar-refractivity contribution in [2.75, 3.05) is 6.54 Å². The van der Waals surface area contributed by atoms with Gasteiger partial charge in [-0.3, -0.25) is 0 Å². The van der Waals surface area contributed by atoms with Gasteiger partial charge in [-0.1, -0.05) is 41.6 Å². The summed E-state index contributed by atoms with van der Waals surface area (Å²) in [5, 5.41) is 23.6. The SMILES string of the molecule is O=C(O)c1ccc(C#Cc2ccc3c(c2)C[C@@H](NC[C@@H](O)c2cccc(Cl)c2)CC3)cc1. The number of aliphatic hydroxyl groups excluding tert-OH is 1. The lowest BCUT2D eigenvalue weighted by molar-refractivity contribution is 0.0697. The van der Waals surface area contributed by atoms with Gasteiger partial charge >= 0.3 is 5.97 Å². The number of rotatable bonds is 5. The van der Waals surface area contributed by atoms with E-state index in [1.165, 1.54) is 11.1 Å². The number of carboxylic acid groups (broad SMARTS) is 1. The van der Waals surface area contributed by atoms with Crippen molar-refractivity contribution in [1.29, 1.82) is 0 Å². The minimum atomic E-state index is -0.942. The summed E-state index contributed by atoms with van der Waals surface area (Å²) in [6.07, 6.45) is 2.31. The molecular weight excluding hydrogens is 422 g/mol. The second kappa shape index (κ2) is 10.0. The monoisotopic (exact) mass is 445 g/mol. The maximum Gasteiger partial charge on any atom is 0.335 e. The fraction of sp³-hybridized carbons (Fsp3) is 0.222. The molecule has 5 heteroatoms. The lowest BCUT2D eigenvalue weighted by Crippen LogP contribution is -2.37. The van der Waals surface area contributed by atoms with Crippen LogP contribution >= 0.6 is 11.6 Å². The summed E-state index contributed by atoms with van der Waals surface area (Å²) < 4.78 is 0. The Morgan fingerprint density at radius 3 is 2.53 bits per heavy atom. The first kappa shape index (κ1) is 22.1. The third-order valence-electron chi connectivity index (χ3n) is 5.75. The Morgan fingerprint density at radius 1 is 1.03 bits per heavy atom. The Bertz CT molecular complexity index is 1180. The van der Waals surface area contributed by atoms with Crippen molar-refractivity contribution >= 4 is 17.6 Å². The molecule has 0 saturated carbocycles. The summed E-state index contributed by atoms with van der Waals surface area (Å²) in [5.74, 6) is 5.34. The highest BCUT2D eigenvalue weighted by molar-refractivity contribution is 6.30. The van der Waals surface area contributed by atoms with Crippen molar-refractivity contribution in [3.05, 3.63) is 105 Å². The molecule has 0 aromatic heterocycles. The van der Waals surface area contributed by atoms with E-state index >= 15 is 0 Å². The highest BCUT2D eigenvalue weighted by Gasteiger charge is 2.19. The van der Waals surface area contributed by atoms with Gasteiger partial charge in [0.2, 0.25) is 0 Å². The Morgan fingerprint density at radius 2 is 1.78 bits per heavy atom. The first-order chi connectivity index (χ1) is 15.5. The van der Waals surface area contributed by atoms with Crippen molar-refractivity contribution in [1.82, 2.24) is 5.32 Å². The van der Waals surface area contributed by atoms with Crippen molar-refractivity contribution in [2.24, 2.45) is 0 Å². The number of benzene rings is 3. The van der Waals surface area contributed by atoms with Gasteiger partial charge in [-0.2, -0.15) is 0 Å². The van der Waals surface area contributed by atoms with Crippen LogP contribution in [0.25, 0.3) is 0 Å². The summed E-state index contributed by atoms with van der Waals surface area (Å²) in [5.41, 5.74) is 5.40. The summed E-state index contributed by atoms with van der Waals surface area (Å²) >= 11 is 6.03. The summed E-state index contributed by atoms with van der Waals surface area (Å²) in [6, 6.07) is 20.5. The Hall–Kier alpha value is -3.10. The molecule has 0 amide bonds. The lowest BCUT2D eigenvalue weighted by atomic mass is 9.87. The molecule has 2 atom stereocenters. The Balaban J connectivity index is 1.39. The van der Waals surface area contributed by atoms with Gasteiger partial charge in [0.25, 0.3) is 0 Å². The summed E-state index contributed by atoms with van der Waals surface area (Å²) in [7, 11) is 0. The molecule has 162 valence electrons. The van der Waals surface area contributed by atoms with Crippen LogP contribution in [0.1, 0.15) is 50.7 Å². The van der Waals surface area contributed by atoms with Gasteiger partial charge in [-0.15, -0.1) is 0 Å². The van der Waals surface area contributed by atoms with Crippen LogP contribution in [0.3, 0.4) is 0 Å². The highest BCUT2D eigenvalue weighted by Crippen LogP contribution is 2.24. The first-order valence-corrected chi connectivity index (χ1v) is 11.0. The van der Waals surface area contributed by atoms with Crippen LogP contribution in [-0.4, -0.2) is 28.8 Å². The molecule has 0 spiro atoms. The third kappa shape index (κ3) is 5.57. The highest BCUT2D eigenvalue weighted by atomic mass is 35.5. The Kier molecular flexibility index (Phi) is 6.92.